The second kappa shape index (κ2) is 12.2. The molecule has 4 heteroatoms. The first kappa shape index (κ1) is 24.5. The van der Waals surface area contributed by atoms with Gasteiger partial charge in [0.1, 0.15) is 0 Å². The zero-order valence-electron chi connectivity index (χ0n) is 18.4. The largest absolute Gasteiger partial charge is 0.390 e. The van der Waals surface area contributed by atoms with E-state index in [0.29, 0.717) is 31.6 Å². The number of hydrogen-bond acceptors (Lipinski definition) is 4. The summed E-state index contributed by atoms with van der Waals surface area (Å²) in [5, 5.41) is 42.5. The summed E-state index contributed by atoms with van der Waals surface area (Å²) < 4.78 is 0. The minimum Gasteiger partial charge on any atom is -0.390 e. The lowest BCUT2D eigenvalue weighted by molar-refractivity contribution is -0.0246. The quantitative estimate of drug-likeness (QED) is 0.424. The first-order valence-corrected chi connectivity index (χ1v) is 11.1. The van der Waals surface area contributed by atoms with Crippen molar-refractivity contribution >= 4 is 0 Å². The highest BCUT2D eigenvalue weighted by Gasteiger charge is 2.30. The lowest BCUT2D eigenvalue weighted by Gasteiger charge is -2.30. The van der Waals surface area contributed by atoms with Gasteiger partial charge in [0.05, 0.1) is 24.4 Å². The van der Waals surface area contributed by atoms with Crippen LogP contribution in [0.3, 0.4) is 0 Å². The first-order chi connectivity index (χ1) is 14.3. The van der Waals surface area contributed by atoms with Crippen molar-refractivity contribution in [3.05, 3.63) is 71.8 Å². The van der Waals surface area contributed by atoms with E-state index in [-0.39, 0.29) is 11.8 Å². The molecule has 0 aliphatic rings. The highest BCUT2D eigenvalue weighted by atomic mass is 16.3. The Labute approximate surface area is 181 Å². The molecule has 0 fully saturated rings. The predicted octanol–water partition coefficient (Wildman–Crippen LogP) is 3.92. The second-order valence-corrected chi connectivity index (χ2v) is 9.01. The van der Waals surface area contributed by atoms with Crippen molar-refractivity contribution < 1.29 is 20.4 Å². The third-order valence-electron chi connectivity index (χ3n) is 5.95. The van der Waals surface area contributed by atoms with E-state index in [1.165, 1.54) is 0 Å². The van der Waals surface area contributed by atoms with Crippen LogP contribution in [-0.2, 0) is 6.42 Å². The van der Waals surface area contributed by atoms with Crippen LogP contribution in [0.2, 0.25) is 0 Å². The molecule has 4 N–H and O–H groups in total. The minimum absolute atomic E-state index is 0.135. The van der Waals surface area contributed by atoms with Crippen molar-refractivity contribution in [1.82, 2.24) is 0 Å². The second-order valence-electron chi connectivity index (χ2n) is 9.01. The van der Waals surface area contributed by atoms with Gasteiger partial charge in [0, 0.05) is 12.3 Å². The SMILES string of the molecule is CC(C)CC(O)C(O)C(CCC(C)C(O)C(O)Cc1ccccc1)c1ccccc1. The molecule has 0 saturated heterocycles. The third-order valence-corrected chi connectivity index (χ3v) is 5.95. The molecule has 4 nitrogen and oxygen atoms in total. The fourth-order valence-corrected chi connectivity index (χ4v) is 4.09. The molecule has 166 valence electrons. The summed E-state index contributed by atoms with van der Waals surface area (Å²) in [4.78, 5) is 0. The molecule has 2 aromatic rings. The molecule has 0 amide bonds. The fraction of sp³-hybridized carbons (Fsp3) is 0.538. The van der Waals surface area contributed by atoms with E-state index in [9.17, 15) is 20.4 Å². The Morgan fingerprint density at radius 1 is 0.667 bits per heavy atom. The number of aliphatic hydroxyl groups excluding tert-OH is 4. The fourth-order valence-electron chi connectivity index (χ4n) is 4.09. The predicted molar refractivity (Wildman–Crippen MR) is 121 cm³/mol. The van der Waals surface area contributed by atoms with Gasteiger partial charge in [-0.05, 0) is 42.2 Å². The standard InChI is InChI=1S/C26H38O4/c1-18(2)16-23(27)26(30)22(21-12-8-5-9-13-21)15-14-19(3)25(29)24(28)17-20-10-6-4-7-11-20/h4-13,18-19,22-30H,14-17H2,1-3H3. The maximum Gasteiger partial charge on any atom is 0.0867 e. The van der Waals surface area contributed by atoms with Crippen molar-refractivity contribution in [3.8, 4) is 0 Å². The van der Waals surface area contributed by atoms with Crippen LogP contribution in [-0.4, -0.2) is 44.8 Å². The van der Waals surface area contributed by atoms with Crippen LogP contribution in [0.5, 0.6) is 0 Å². The third kappa shape index (κ3) is 7.51. The van der Waals surface area contributed by atoms with Gasteiger partial charge in [0.25, 0.3) is 0 Å². The zero-order chi connectivity index (χ0) is 22.1. The van der Waals surface area contributed by atoms with Gasteiger partial charge < -0.3 is 20.4 Å². The van der Waals surface area contributed by atoms with Crippen LogP contribution in [0.1, 0.15) is 57.1 Å². The Morgan fingerprint density at radius 2 is 1.23 bits per heavy atom. The maximum absolute atomic E-state index is 10.9. The van der Waals surface area contributed by atoms with Gasteiger partial charge in [0.2, 0.25) is 0 Å². The molecule has 0 spiro atoms. The van der Waals surface area contributed by atoms with Gasteiger partial charge in [-0.3, -0.25) is 0 Å². The molecule has 2 aromatic carbocycles. The topological polar surface area (TPSA) is 80.9 Å². The summed E-state index contributed by atoms with van der Waals surface area (Å²) >= 11 is 0. The van der Waals surface area contributed by atoms with Crippen molar-refractivity contribution in [2.24, 2.45) is 11.8 Å². The van der Waals surface area contributed by atoms with E-state index < -0.39 is 24.4 Å². The molecule has 2 rings (SSSR count). The Morgan fingerprint density at radius 3 is 1.80 bits per heavy atom. The zero-order valence-corrected chi connectivity index (χ0v) is 18.4. The summed E-state index contributed by atoms with van der Waals surface area (Å²) in [7, 11) is 0. The monoisotopic (exact) mass is 414 g/mol. The number of hydrogen-bond donors (Lipinski definition) is 4. The van der Waals surface area contributed by atoms with Gasteiger partial charge in [-0.25, -0.2) is 0 Å². The molecule has 0 radical (unpaired) electrons. The molecule has 6 unspecified atom stereocenters. The molecule has 0 aliphatic carbocycles. The maximum atomic E-state index is 10.9. The van der Waals surface area contributed by atoms with E-state index in [1.807, 2.05) is 81.4 Å². The summed E-state index contributed by atoms with van der Waals surface area (Å²) in [6.07, 6.45) is -1.14. The normalized spacial score (nSPS) is 17.9. The van der Waals surface area contributed by atoms with Crippen LogP contribution in [0, 0.1) is 11.8 Å². The van der Waals surface area contributed by atoms with Crippen molar-refractivity contribution in [1.29, 1.82) is 0 Å². The van der Waals surface area contributed by atoms with E-state index in [0.717, 1.165) is 11.1 Å². The summed E-state index contributed by atoms with van der Waals surface area (Å²) in [5.74, 6) is -0.0646. The molecular weight excluding hydrogens is 376 g/mol. The van der Waals surface area contributed by atoms with E-state index in [4.69, 9.17) is 0 Å². The van der Waals surface area contributed by atoms with Crippen molar-refractivity contribution in [2.75, 3.05) is 0 Å². The number of benzene rings is 2. The molecule has 6 atom stereocenters. The lowest BCUT2D eigenvalue weighted by atomic mass is 9.81. The van der Waals surface area contributed by atoms with E-state index >= 15 is 0 Å². The van der Waals surface area contributed by atoms with Gasteiger partial charge >= 0.3 is 0 Å². The summed E-state index contributed by atoms with van der Waals surface area (Å²) in [5.41, 5.74) is 1.98. The number of rotatable bonds is 12. The van der Waals surface area contributed by atoms with Crippen LogP contribution in [0.25, 0.3) is 0 Å². The van der Waals surface area contributed by atoms with Crippen molar-refractivity contribution in [3.63, 3.8) is 0 Å². The van der Waals surface area contributed by atoms with Crippen LogP contribution >= 0.6 is 0 Å². The summed E-state index contributed by atoms with van der Waals surface area (Å²) in [6, 6.07) is 19.4. The molecule has 0 saturated carbocycles. The summed E-state index contributed by atoms with van der Waals surface area (Å²) in [6.45, 7) is 5.98. The highest BCUT2D eigenvalue weighted by Crippen LogP contribution is 2.31. The first-order valence-electron chi connectivity index (χ1n) is 11.1. The van der Waals surface area contributed by atoms with Crippen molar-refractivity contribution in [2.45, 2.75) is 76.8 Å². The van der Waals surface area contributed by atoms with Crippen LogP contribution < -0.4 is 0 Å². The lowest BCUT2D eigenvalue weighted by Crippen LogP contribution is -2.36. The smallest absolute Gasteiger partial charge is 0.0867 e. The Kier molecular flexibility index (Phi) is 9.99. The van der Waals surface area contributed by atoms with Crippen LogP contribution in [0.4, 0.5) is 0 Å². The highest BCUT2D eigenvalue weighted by molar-refractivity contribution is 5.21. The average molecular weight is 415 g/mol. The van der Waals surface area contributed by atoms with Gasteiger partial charge in [-0.15, -0.1) is 0 Å². The molecule has 0 aromatic heterocycles. The van der Waals surface area contributed by atoms with E-state index in [2.05, 4.69) is 0 Å². The molecule has 0 heterocycles. The minimum atomic E-state index is -0.867. The average Bonchev–Trinajstić information content (AvgIpc) is 2.74. The molecule has 0 bridgehead atoms. The Balaban J connectivity index is 2.01. The van der Waals surface area contributed by atoms with E-state index in [1.54, 1.807) is 0 Å². The van der Waals surface area contributed by atoms with Gasteiger partial charge in [-0.1, -0.05) is 81.4 Å². The van der Waals surface area contributed by atoms with Gasteiger partial charge in [0.15, 0.2) is 0 Å². The molecular formula is C26H38O4. The molecule has 0 aliphatic heterocycles. The molecule has 30 heavy (non-hydrogen) atoms. The number of aliphatic hydroxyl groups is 4. The Bertz CT molecular complexity index is 703. The van der Waals surface area contributed by atoms with Gasteiger partial charge in [-0.2, -0.15) is 0 Å². The Hall–Kier alpha value is -1.72. The van der Waals surface area contributed by atoms with Crippen LogP contribution in [0.15, 0.2) is 60.7 Å².